The lowest BCUT2D eigenvalue weighted by Crippen LogP contribution is -2.05. The fourth-order valence-electron chi connectivity index (χ4n) is 3.11. The normalized spacial score (nSPS) is 12.0. The molecule has 0 unspecified atom stereocenters. The molecule has 2 nitrogen and oxygen atoms in total. The van der Waals surface area contributed by atoms with Crippen LogP contribution in [-0.4, -0.2) is 11.5 Å². The average molecular weight is 367 g/mol. The molecule has 0 saturated carbocycles. The smallest absolute Gasteiger partial charge is 0.354 e. The van der Waals surface area contributed by atoms with Gasteiger partial charge in [-0.1, -0.05) is 35.9 Å². The number of unbranched alkanes of at least 4 members (excludes halogenated alkanes) is 1. The molecule has 3 N–H and O–H groups in total. The maximum Gasteiger partial charge on any atom is 0.418 e. The Morgan fingerprint density at radius 2 is 1.80 bits per heavy atom. The molecule has 0 aliphatic heterocycles. The number of rotatable bonds is 5. The van der Waals surface area contributed by atoms with E-state index in [1.807, 2.05) is 6.07 Å². The van der Waals surface area contributed by atoms with Gasteiger partial charge >= 0.3 is 6.18 Å². The molecule has 1 aromatic heterocycles. The Morgan fingerprint density at radius 3 is 2.48 bits per heavy atom. The molecule has 0 radical (unpaired) electrons. The highest BCUT2D eigenvalue weighted by molar-refractivity contribution is 6.30. The Balaban J connectivity index is 2.22. The van der Waals surface area contributed by atoms with E-state index in [9.17, 15) is 13.2 Å². The molecule has 6 heteroatoms. The van der Waals surface area contributed by atoms with Gasteiger partial charge in [0.1, 0.15) is 0 Å². The second kappa shape index (κ2) is 7.10. The van der Waals surface area contributed by atoms with Gasteiger partial charge in [-0.15, -0.1) is 0 Å². The Hall–Kier alpha value is -1.98. The summed E-state index contributed by atoms with van der Waals surface area (Å²) in [6.07, 6.45) is -2.13. The summed E-state index contributed by atoms with van der Waals surface area (Å²) in [5.74, 6) is 0. The summed E-state index contributed by atoms with van der Waals surface area (Å²) in [4.78, 5) is 3.00. The zero-order chi connectivity index (χ0) is 18.0. The number of nitrogens with one attached hydrogen (secondary N) is 1. The Morgan fingerprint density at radius 1 is 1.04 bits per heavy atom. The first-order valence-corrected chi connectivity index (χ1v) is 8.46. The molecule has 132 valence electrons. The van der Waals surface area contributed by atoms with Gasteiger partial charge < -0.3 is 10.7 Å². The van der Waals surface area contributed by atoms with Gasteiger partial charge in [0.15, 0.2) is 0 Å². The maximum atomic E-state index is 13.4. The van der Waals surface area contributed by atoms with Gasteiger partial charge in [-0.3, -0.25) is 0 Å². The van der Waals surface area contributed by atoms with Crippen LogP contribution in [0.4, 0.5) is 13.2 Å². The summed E-state index contributed by atoms with van der Waals surface area (Å²) < 4.78 is 40.1. The lowest BCUT2D eigenvalue weighted by molar-refractivity contribution is -0.136. The second-order valence-corrected chi connectivity index (χ2v) is 6.40. The monoisotopic (exact) mass is 366 g/mol. The number of aromatic amines is 1. The number of H-pyrrole nitrogens is 1. The summed E-state index contributed by atoms with van der Waals surface area (Å²) in [6.45, 7) is 0.558. The number of alkyl halides is 3. The minimum atomic E-state index is -4.41. The summed E-state index contributed by atoms with van der Waals surface area (Å²) in [7, 11) is 0. The van der Waals surface area contributed by atoms with E-state index in [4.69, 9.17) is 17.3 Å². The quantitative estimate of drug-likeness (QED) is 0.551. The van der Waals surface area contributed by atoms with Crippen LogP contribution in [0.3, 0.4) is 0 Å². The third-order valence-corrected chi connectivity index (χ3v) is 4.48. The number of hydrogen-bond donors (Lipinski definition) is 2. The van der Waals surface area contributed by atoms with E-state index in [-0.39, 0.29) is 5.52 Å². The number of halogens is 4. The average Bonchev–Trinajstić information content (AvgIpc) is 2.93. The Labute approximate surface area is 148 Å². The highest BCUT2D eigenvalue weighted by atomic mass is 35.5. The van der Waals surface area contributed by atoms with Crippen LogP contribution in [0, 0.1) is 0 Å². The first-order chi connectivity index (χ1) is 11.9. The van der Waals surface area contributed by atoms with Gasteiger partial charge in [-0.05, 0) is 55.1 Å². The number of aryl methyl sites for hydroxylation is 1. The first kappa shape index (κ1) is 17.8. The number of hydrogen-bond acceptors (Lipinski definition) is 1. The fraction of sp³-hybridized carbons (Fsp3) is 0.263. The molecule has 3 aromatic rings. The number of para-hydroxylation sites is 1. The molecule has 0 saturated heterocycles. The maximum absolute atomic E-state index is 13.4. The zero-order valence-electron chi connectivity index (χ0n) is 13.5. The molecule has 0 atom stereocenters. The van der Waals surface area contributed by atoms with Crippen molar-refractivity contribution in [3.8, 4) is 11.3 Å². The first-order valence-electron chi connectivity index (χ1n) is 8.08. The number of aromatic nitrogens is 1. The molecule has 1 heterocycles. The minimum absolute atomic E-state index is 0.118. The van der Waals surface area contributed by atoms with Crippen LogP contribution in [-0.2, 0) is 12.6 Å². The topological polar surface area (TPSA) is 41.8 Å². The molecule has 0 aliphatic carbocycles. The number of nitrogens with two attached hydrogens (primary N) is 1. The van der Waals surface area contributed by atoms with E-state index in [1.165, 1.54) is 6.07 Å². The Bertz CT molecular complexity index is 884. The molecule has 25 heavy (non-hydrogen) atoms. The highest BCUT2D eigenvalue weighted by Crippen LogP contribution is 2.39. The van der Waals surface area contributed by atoms with E-state index < -0.39 is 11.7 Å². The lowest BCUT2D eigenvalue weighted by Gasteiger charge is -2.07. The van der Waals surface area contributed by atoms with Gasteiger partial charge in [0.25, 0.3) is 0 Å². The van der Waals surface area contributed by atoms with E-state index >= 15 is 0 Å². The van der Waals surface area contributed by atoms with Crippen molar-refractivity contribution in [2.75, 3.05) is 6.54 Å². The predicted octanol–water partition coefficient (Wildman–Crippen LogP) is 5.79. The van der Waals surface area contributed by atoms with Gasteiger partial charge in [0, 0.05) is 16.1 Å². The van der Waals surface area contributed by atoms with Crippen LogP contribution in [0.25, 0.3) is 22.2 Å². The second-order valence-electron chi connectivity index (χ2n) is 5.96. The van der Waals surface area contributed by atoms with Gasteiger partial charge in [-0.2, -0.15) is 13.2 Å². The van der Waals surface area contributed by atoms with Gasteiger partial charge in [-0.25, -0.2) is 0 Å². The summed E-state index contributed by atoms with van der Waals surface area (Å²) in [5, 5.41) is 1.14. The third kappa shape index (κ3) is 3.67. The highest BCUT2D eigenvalue weighted by Gasteiger charge is 2.33. The minimum Gasteiger partial charge on any atom is -0.354 e. The van der Waals surface area contributed by atoms with Crippen molar-refractivity contribution in [1.82, 2.24) is 4.98 Å². The van der Waals surface area contributed by atoms with E-state index in [2.05, 4.69) is 4.98 Å². The molecule has 3 rings (SSSR count). The lowest BCUT2D eigenvalue weighted by atomic mass is 9.99. The van der Waals surface area contributed by atoms with Crippen LogP contribution in [0.2, 0.25) is 5.02 Å². The zero-order valence-corrected chi connectivity index (χ0v) is 14.2. The summed E-state index contributed by atoms with van der Waals surface area (Å²) >= 11 is 6.07. The van der Waals surface area contributed by atoms with Crippen LogP contribution in [0.1, 0.15) is 24.0 Å². The van der Waals surface area contributed by atoms with E-state index in [1.54, 1.807) is 24.3 Å². The molecule has 0 fully saturated rings. The Kier molecular flexibility index (Phi) is 5.06. The van der Waals surface area contributed by atoms with Crippen molar-refractivity contribution in [2.24, 2.45) is 5.73 Å². The van der Waals surface area contributed by atoms with Crippen molar-refractivity contribution >= 4 is 22.5 Å². The molecule has 0 aliphatic rings. The van der Waals surface area contributed by atoms with E-state index in [0.717, 1.165) is 30.0 Å². The number of fused-ring (bicyclic) bond motifs is 1. The molecular formula is C19H18ClF3N2. The van der Waals surface area contributed by atoms with E-state index in [0.29, 0.717) is 29.1 Å². The largest absolute Gasteiger partial charge is 0.418 e. The van der Waals surface area contributed by atoms with Crippen molar-refractivity contribution in [3.63, 3.8) is 0 Å². The fourth-order valence-corrected chi connectivity index (χ4v) is 3.30. The van der Waals surface area contributed by atoms with Gasteiger partial charge in [0.05, 0.1) is 11.1 Å². The van der Waals surface area contributed by atoms with Crippen LogP contribution in [0.15, 0.2) is 42.5 Å². The number of benzene rings is 2. The van der Waals surface area contributed by atoms with Gasteiger partial charge in [0.2, 0.25) is 0 Å². The molecular weight excluding hydrogens is 349 g/mol. The van der Waals surface area contributed by atoms with Crippen LogP contribution >= 0.6 is 11.6 Å². The van der Waals surface area contributed by atoms with Crippen molar-refractivity contribution in [1.29, 1.82) is 0 Å². The molecule has 0 spiro atoms. The standard InChI is InChI=1S/C19H18ClF3N2/c20-13-6-3-5-12(11-13)17-14(7-1-2-10-24)15-8-4-9-16(18(15)25-17)19(21,22)23/h3-6,8-9,11,25H,1-2,7,10,24H2. The molecule has 0 amide bonds. The van der Waals surface area contributed by atoms with Crippen LogP contribution < -0.4 is 5.73 Å². The third-order valence-electron chi connectivity index (χ3n) is 4.24. The van der Waals surface area contributed by atoms with Crippen LogP contribution in [0.5, 0.6) is 0 Å². The van der Waals surface area contributed by atoms with Crippen molar-refractivity contribution < 1.29 is 13.2 Å². The SMILES string of the molecule is NCCCCc1c(-c2cccc(Cl)c2)[nH]c2c(C(F)(F)F)cccc12. The predicted molar refractivity (Wildman–Crippen MR) is 95.7 cm³/mol. The summed E-state index contributed by atoms with van der Waals surface area (Å²) in [5.41, 5.74) is 7.36. The van der Waals surface area contributed by atoms with Crippen molar-refractivity contribution in [2.45, 2.75) is 25.4 Å². The summed E-state index contributed by atoms with van der Waals surface area (Å²) in [6, 6.07) is 11.4. The molecule has 0 bridgehead atoms. The van der Waals surface area contributed by atoms with Crippen molar-refractivity contribution in [3.05, 3.63) is 58.6 Å². The molecule has 2 aromatic carbocycles.